The summed E-state index contributed by atoms with van der Waals surface area (Å²) in [6.07, 6.45) is 6.72. The Labute approximate surface area is 186 Å². The van der Waals surface area contributed by atoms with Crippen LogP contribution >= 0.6 is 11.6 Å². The molecule has 6 nitrogen and oxygen atoms in total. The van der Waals surface area contributed by atoms with Crippen LogP contribution in [0.3, 0.4) is 0 Å². The van der Waals surface area contributed by atoms with Gasteiger partial charge in [-0.3, -0.25) is 9.59 Å². The van der Waals surface area contributed by atoms with Crippen LogP contribution in [0.5, 0.6) is 0 Å². The van der Waals surface area contributed by atoms with Crippen molar-refractivity contribution in [1.82, 2.24) is 19.8 Å². The quantitative estimate of drug-likeness (QED) is 0.650. The largest absolute Gasteiger partial charge is 0.349 e. The number of rotatable bonds is 5. The van der Waals surface area contributed by atoms with E-state index < -0.39 is 0 Å². The van der Waals surface area contributed by atoms with E-state index in [1.165, 1.54) is 0 Å². The fourth-order valence-corrected chi connectivity index (χ4v) is 4.01. The first-order valence-electron chi connectivity index (χ1n) is 10.4. The van der Waals surface area contributed by atoms with Crippen molar-refractivity contribution >= 4 is 23.4 Å². The third-order valence-corrected chi connectivity index (χ3v) is 6.05. The van der Waals surface area contributed by atoms with E-state index in [0.717, 1.165) is 11.3 Å². The van der Waals surface area contributed by atoms with E-state index in [-0.39, 0.29) is 23.8 Å². The normalized spacial score (nSPS) is 15.5. The molecule has 1 N–H and O–H groups in total. The summed E-state index contributed by atoms with van der Waals surface area (Å²) in [5, 5.41) is 3.73. The Bertz CT molecular complexity index is 1020. The molecule has 160 valence electrons. The second kappa shape index (κ2) is 9.35. The molecular formula is C24H25ClN4O2. The van der Waals surface area contributed by atoms with E-state index in [2.05, 4.69) is 10.3 Å². The van der Waals surface area contributed by atoms with Crippen LogP contribution in [0.15, 0.2) is 67.3 Å². The molecule has 1 aromatic heterocycles. The molecule has 0 aliphatic carbocycles. The number of halogens is 1. The Hall–Kier alpha value is -3.12. The standard InChI is InChI=1S/C24H25ClN4O2/c1-17(18-4-8-22(9-5-18)29-15-12-26-16-29)27-23(30)19-10-13-28(14-11-19)24(31)20-2-6-21(25)7-3-20/h2-9,12,15-17,19H,10-11,13-14H2,1H3,(H,27,30). The second-order valence-electron chi connectivity index (χ2n) is 7.87. The highest BCUT2D eigenvalue weighted by Gasteiger charge is 2.28. The summed E-state index contributed by atoms with van der Waals surface area (Å²) in [6.45, 7) is 3.14. The maximum Gasteiger partial charge on any atom is 0.253 e. The number of benzene rings is 2. The van der Waals surface area contributed by atoms with Crippen molar-refractivity contribution in [2.75, 3.05) is 13.1 Å². The van der Waals surface area contributed by atoms with Gasteiger partial charge in [0.1, 0.15) is 0 Å². The van der Waals surface area contributed by atoms with Crippen molar-refractivity contribution in [1.29, 1.82) is 0 Å². The van der Waals surface area contributed by atoms with Crippen LogP contribution in [-0.2, 0) is 4.79 Å². The molecule has 7 heteroatoms. The Kier molecular flexibility index (Phi) is 6.37. The summed E-state index contributed by atoms with van der Waals surface area (Å²) in [5.41, 5.74) is 2.70. The zero-order valence-electron chi connectivity index (χ0n) is 17.4. The predicted molar refractivity (Wildman–Crippen MR) is 120 cm³/mol. The minimum Gasteiger partial charge on any atom is -0.349 e. The van der Waals surface area contributed by atoms with Crippen LogP contribution in [0.2, 0.25) is 5.02 Å². The second-order valence-corrected chi connectivity index (χ2v) is 8.30. The van der Waals surface area contributed by atoms with Gasteiger partial charge in [-0.15, -0.1) is 0 Å². The predicted octanol–water partition coefficient (Wildman–Crippen LogP) is 4.26. The summed E-state index contributed by atoms with van der Waals surface area (Å²) in [7, 11) is 0. The molecule has 0 radical (unpaired) electrons. The number of amides is 2. The smallest absolute Gasteiger partial charge is 0.253 e. The number of nitrogens with zero attached hydrogens (tertiary/aromatic N) is 3. The highest BCUT2D eigenvalue weighted by Crippen LogP contribution is 2.22. The number of hydrogen-bond acceptors (Lipinski definition) is 3. The number of likely N-dealkylation sites (tertiary alicyclic amines) is 1. The van der Waals surface area contributed by atoms with Crippen LogP contribution in [0, 0.1) is 5.92 Å². The minimum absolute atomic E-state index is 0.0122. The molecule has 1 aliphatic rings. The monoisotopic (exact) mass is 436 g/mol. The summed E-state index contributed by atoms with van der Waals surface area (Å²) in [6, 6.07) is 14.9. The summed E-state index contributed by atoms with van der Waals surface area (Å²) < 4.78 is 1.94. The fourth-order valence-electron chi connectivity index (χ4n) is 3.88. The van der Waals surface area contributed by atoms with Crippen molar-refractivity contribution in [3.8, 4) is 5.69 Å². The Balaban J connectivity index is 1.29. The Morgan fingerprint density at radius 1 is 1.06 bits per heavy atom. The Morgan fingerprint density at radius 2 is 1.74 bits per heavy atom. The van der Waals surface area contributed by atoms with Gasteiger partial charge >= 0.3 is 0 Å². The molecule has 3 aromatic rings. The van der Waals surface area contributed by atoms with Gasteiger partial charge < -0.3 is 14.8 Å². The summed E-state index contributed by atoms with van der Waals surface area (Å²) in [5.74, 6) is -0.0476. The van der Waals surface area contributed by atoms with Crippen molar-refractivity contribution in [3.63, 3.8) is 0 Å². The van der Waals surface area contributed by atoms with E-state index in [0.29, 0.717) is 36.5 Å². The lowest BCUT2D eigenvalue weighted by Gasteiger charge is -2.32. The van der Waals surface area contributed by atoms with Gasteiger partial charge in [0.2, 0.25) is 5.91 Å². The van der Waals surface area contributed by atoms with E-state index in [1.807, 2.05) is 46.9 Å². The molecule has 0 spiro atoms. The Morgan fingerprint density at radius 3 is 2.35 bits per heavy atom. The number of nitrogens with one attached hydrogen (secondary N) is 1. The van der Waals surface area contributed by atoms with Gasteiger partial charge in [-0.05, 0) is 61.7 Å². The SMILES string of the molecule is CC(NC(=O)C1CCN(C(=O)c2ccc(Cl)cc2)CC1)c1ccc(-n2ccnc2)cc1. The van der Waals surface area contributed by atoms with Crippen LogP contribution in [0.25, 0.3) is 5.69 Å². The van der Waals surface area contributed by atoms with Crippen LogP contribution in [-0.4, -0.2) is 39.4 Å². The lowest BCUT2D eigenvalue weighted by molar-refractivity contribution is -0.126. The number of carbonyl (C=O) groups is 2. The molecular weight excluding hydrogens is 412 g/mol. The maximum absolute atomic E-state index is 12.8. The molecule has 31 heavy (non-hydrogen) atoms. The minimum atomic E-state index is -0.0851. The zero-order chi connectivity index (χ0) is 21.8. The van der Waals surface area contributed by atoms with E-state index in [1.54, 1.807) is 36.8 Å². The van der Waals surface area contributed by atoms with Gasteiger partial charge in [0, 0.05) is 47.7 Å². The topological polar surface area (TPSA) is 67.2 Å². The van der Waals surface area contributed by atoms with Gasteiger partial charge in [-0.2, -0.15) is 0 Å². The van der Waals surface area contributed by atoms with Crippen LogP contribution in [0.1, 0.15) is 41.7 Å². The highest BCUT2D eigenvalue weighted by molar-refractivity contribution is 6.30. The highest BCUT2D eigenvalue weighted by atomic mass is 35.5. The van der Waals surface area contributed by atoms with Crippen molar-refractivity contribution in [2.24, 2.45) is 5.92 Å². The number of carbonyl (C=O) groups excluding carboxylic acids is 2. The number of piperidine rings is 1. The molecule has 1 atom stereocenters. The average molecular weight is 437 g/mol. The third kappa shape index (κ3) is 4.97. The zero-order valence-corrected chi connectivity index (χ0v) is 18.1. The first kappa shape index (κ1) is 21.1. The molecule has 0 saturated carbocycles. The van der Waals surface area contributed by atoms with E-state index in [9.17, 15) is 9.59 Å². The summed E-state index contributed by atoms with van der Waals surface area (Å²) >= 11 is 5.90. The van der Waals surface area contributed by atoms with Gasteiger partial charge in [-0.25, -0.2) is 4.98 Å². The molecule has 1 unspecified atom stereocenters. The van der Waals surface area contributed by atoms with Crippen molar-refractivity contribution in [3.05, 3.63) is 83.4 Å². The lowest BCUT2D eigenvalue weighted by atomic mass is 9.94. The maximum atomic E-state index is 12.8. The van der Waals surface area contributed by atoms with E-state index in [4.69, 9.17) is 11.6 Å². The van der Waals surface area contributed by atoms with Crippen LogP contribution in [0.4, 0.5) is 0 Å². The molecule has 2 aromatic carbocycles. The number of aromatic nitrogens is 2. The third-order valence-electron chi connectivity index (χ3n) is 5.80. The molecule has 1 saturated heterocycles. The number of hydrogen-bond donors (Lipinski definition) is 1. The molecule has 1 aliphatic heterocycles. The van der Waals surface area contributed by atoms with Crippen LogP contribution < -0.4 is 5.32 Å². The molecule has 2 heterocycles. The van der Waals surface area contributed by atoms with Crippen molar-refractivity contribution in [2.45, 2.75) is 25.8 Å². The number of imidazole rings is 1. The first-order chi connectivity index (χ1) is 15.0. The van der Waals surface area contributed by atoms with Crippen molar-refractivity contribution < 1.29 is 9.59 Å². The van der Waals surface area contributed by atoms with Gasteiger partial charge in [-0.1, -0.05) is 23.7 Å². The molecule has 1 fully saturated rings. The fraction of sp³-hybridized carbons (Fsp3) is 0.292. The molecule has 0 bridgehead atoms. The van der Waals surface area contributed by atoms with Gasteiger partial charge in [0.05, 0.1) is 12.4 Å². The van der Waals surface area contributed by atoms with Gasteiger partial charge in [0.15, 0.2) is 0 Å². The lowest BCUT2D eigenvalue weighted by Crippen LogP contribution is -2.43. The molecule has 2 amide bonds. The first-order valence-corrected chi connectivity index (χ1v) is 10.8. The van der Waals surface area contributed by atoms with Gasteiger partial charge in [0.25, 0.3) is 5.91 Å². The summed E-state index contributed by atoms with van der Waals surface area (Å²) in [4.78, 5) is 31.3. The average Bonchev–Trinajstić information content (AvgIpc) is 3.34. The van der Waals surface area contributed by atoms with E-state index >= 15 is 0 Å². The molecule has 4 rings (SSSR count).